The SMILES string of the molecule is [CH2-]C1CCCC1[B]c1ccc(Cc2ccc(CC3[CH-]CCC3)[n-]2)[n-]1.[Pt].[Y].[Y]. The summed E-state index contributed by atoms with van der Waals surface area (Å²) < 4.78 is 0. The Morgan fingerprint density at radius 1 is 0.963 bits per heavy atom. The Labute approximate surface area is 230 Å². The van der Waals surface area contributed by atoms with Crippen molar-refractivity contribution in [2.45, 2.75) is 57.2 Å². The Balaban J connectivity index is 0.00000121. The van der Waals surface area contributed by atoms with Crippen LogP contribution in [0.15, 0.2) is 24.3 Å². The van der Waals surface area contributed by atoms with E-state index in [0.29, 0.717) is 11.7 Å². The monoisotopic (exact) mass is 690 g/mol. The van der Waals surface area contributed by atoms with Gasteiger partial charge in [-0.25, -0.2) is 0 Å². The van der Waals surface area contributed by atoms with Crippen LogP contribution in [0.3, 0.4) is 0 Å². The summed E-state index contributed by atoms with van der Waals surface area (Å²) in [6.07, 6.45) is 12.2. The van der Waals surface area contributed by atoms with E-state index in [9.17, 15) is 0 Å². The molecule has 3 radical (unpaired) electrons. The summed E-state index contributed by atoms with van der Waals surface area (Å²) in [6.45, 7) is 4.26. The molecule has 0 aliphatic heterocycles. The molecule has 2 saturated carbocycles. The van der Waals surface area contributed by atoms with Crippen molar-refractivity contribution in [2.24, 2.45) is 11.8 Å². The first kappa shape index (κ1) is 26.6. The zero-order valence-corrected chi connectivity index (χ0v) is 23.9. The predicted octanol–water partition coefficient (Wildman–Crippen LogP) is 3.48. The van der Waals surface area contributed by atoms with E-state index in [4.69, 9.17) is 9.97 Å². The van der Waals surface area contributed by atoms with E-state index < -0.39 is 0 Å². The maximum absolute atomic E-state index is 4.81. The number of nitrogens with zero attached hydrogens (tertiary/aromatic N) is 2. The first-order valence-corrected chi connectivity index (χ1v) is 9.51. The second kappa shape index (κ2) is 13.0. The molecule has 0 N–H and O–H groups in total. The van der Waals surface area contributed by atoms with Gasteiger partial charge in [-0.3, -0.25) is 0 Å². The van der Waals surface area contributed by atoms with Gasteiger partial charge in [-0.05, 0) is 6.42 Å². The molecule has 0 spiro atoms. The third-order valence-electron chi connectivity index (χ3n) is 5.69. The topological polar surface area (TPSA) is 28.2 Å². The molecule has 2 heterocycles. The van der Waals surface area contributed by atoms with Crippen LogP contribution in [0.1, 0.15) is 55.6 Å². The number of hydrogen-bond acceptors (Lipinski definition) is 0. The van der Waals surface area contributed by atoms with Crippen LogP contribution in [-0.4, -0.2) is 7.28 Å². The van der Waals surface area contributed by atoms with Crippen molar-refractivity contribution in [2.75, 3.05) is 0 Å². The molecule has 0 amide bonds. The van der Waals surface area contributed by atoms with Crippen LogP contribution in [0.5, 0.6) is 0 Å². The predicted molar refractivity (Wildman–Crippen MR) is 99.5 cm³/mol. The van der Waals surface area contributed by atoms with Crippen LogP contribution in [0.4, 0.5) is 0 Å². The van der Waals surface area contributed by atoms with Gasteiger partial charge in [0.05, 0.1) is 0 Å². The van der Waals surface area contributed by atoms with Crippen molar-refractivity contribution in [1.82, 2.24) is 9.97 Å². The van der Waals surface area contributed by atoms with Gasteiger partial charge in [-0.1, -0.05) is 68.6 Å². The minimum Gasteiger partial charge on any atom is -0.672 e. The van der Waals surface area contributed by atoms with Gasteiger partial charge in [0.25, 0.3) is 0 Å². The Hall–Kier alpha value is 1.52. The fourth-order valence-electron chi connectivity index (χ4n) is 4.27. The molecule has 6 heteroatoms. The van der Waals surface area contributed by atoms with Crippen molar-refractivity contribution in [3.63, 3.8) is 0 Å². The molecule has 143 valence electrons. The van der Waals surface area contributed by atoms with Gasteiger partial charge < -0.3 is 23.3 Å². The summed E-state index contributed by atoms with van der Waals surface area (Å²) in [6, 6.07) is 8.67. The first-order valence-electron chi connectivity index (χ1n) is 9.51. The molecule has 0 saturated heterocycles. The Morgan fingerprint density at radius 3 is 2.41 bits per heavy atom. The Kier molecular flexibility index (Phi) is 12.8. The fraction of sp³-hybridized carbons (Fsp3) is 0.524. The van der Waals surface area contributed by atoms with Gasteiger partial charge in [0.15, 0.2) is 0 Å². The van der Waals surface area contributed by atoms with Gasteiger partial charge >= 0.3 is 0 Å². The third-order valence-corrected chi connectivity index (χ3v) is 5.69. The standard InChI is InChI=1S/C21H26BN2.Pt.2Y/c1-15-5-4-8-20(15)22-21-12-11-19(24-21)14-18-10-9-17(23-18)13-16-6-2-3-7-16;;;/h6,9-12,15-16,20H,1-5,7-8,13-14H2;;;/q-4;;;. The zero-order chi connectivity index (χ0) is 16.4. The Morgan fingerprint density at radius 2 is 1.70 bits per heavy atom. The van der Waals surface area contributed by atoms with E-state index in [0.717, 1.165) is 35.7 Å². The smallest absolute Gasteiger partial charge is 0.123 e. The molecule has 2 aliphatic rings. The maximum atomic E-state index is 4.81. The second-order valence-corrected chi connectivity index (χ2v) is 7.62. The molecule has 3 atom stereocenters. The average Bonchev–Trinajstić information content (AvgIpc) is 3.33. The van der Waals surface area contributed by atoms with E-state index >= 15 is 0 Å². The van der Waals surface area contributed by atoms with Gasteiger partial charge in [0.1, 0.15) is 7.28 Å². The number of hydrogen-bond donors (Lipinski definition) is 0. The summed E-state index contributed by atoms with van der Waals surface area (Å²) in [5, 5.41) is 0. The van der Waals surface area contributed by atoms with E-state index in [1.165, 1.54) is 44.2 Å². The number of rotatable bonds is 6. The number of aromatic nitrogens is 2. The Bertz CT molecular complexity index is 667. The van der Waals surface area contributed by atoms with Crippen molar-refractivity contribution in [3.05, 3.63) is 54.7 Å². The molecule has 2 fully saturated rings. The van der Waals surface area contributed by atoms with Gasteiger partial charge in [0, 0.05) is 86.5 Å². The average molecular weight is 690 g/mol. The molecule has 4 rings (SSSR count). The van der Waals surface area contributed by atoms with Gasteiger partial charge in [0.2, 0.25) is 0 Å². The maximum Gasteiger partial charge on any atom is 0.123 e. The summed E-state index contributed by atoms with van der Waals surface area (Å²) in [5.74, 6) is 1.92. The summed E-state index contributed by atoms with van der Waals surface area (Å²) >= 11 is 0. The minimum absolute atomic E-state index is 0. The van der Waals surface area contributed by atoms with Crippen molar-refractivity contribution in [1.29, 1.82) is 0 Å². The molecule has 2 aromatic heterocycles. The van der Waals surface area contributed by atoms with Gasteiger partial charge in [-0.2, -0.15) is 40.9 Å². The molecule has 2 nitrogen and oxygen atoms in total. The first-order chi connectivity index (χ1) is 11.8. The van der Waals surface area contributed by atoms with Crippen LogP contribution in [0.25, 0.3) is 0 Å². The quantitative estimate of drug-likeness (QED) is 0.344. The van der Waals surface area contributed by atoms with E-state index in [1.54, 1.807) is 0 Å². The molecular formula is C21H26BN2PtY2-4. The van der Waals surface area contributed by atoms with Gasteiger partial charge in [-0.15, -0.1) is 0 Å². The van der Waals surface area contributed by atoms with Crippen LogP contribution in [0, 0.1) is 25.2 Å². The molecule has 0 aromatic carbocycles. The van der Waals surface area contributed by atoms with Crippen LogP contribution < -0.4 is 15.6 Å². The van der Waals surface area contributed by atoms with Crippen molar-refractivity contribution >= 4 is 12.9 Å². The van der Waals surface area contributed by atoms with Crippen molar-refractivity contribution < 1.29 is 86.5 Å². The molecule has 3 unspecified atom stereocenters. The third kappa shape index (κ3) is 7.61. The fourth-order valence-corrected chi connectivity index (χ4v) is 4.27. The summed E-state index contributed by atoms with van der Waals surface area (Å²) in [7, 11) is 2.33. The minimum atomic E-state index is 0. The molecule has 2 aliphatic carbocycles. The van der Waals surface area contributed by atoms with Crippen molar-refractivity contribution in [3.8, 4) is 0 Å². The van der Waals surface area contributed by atoms with E-state index in [1.807, 2.05) is 0 Å². The largest absolute Gasteiger partial charge is 0.672 e. The van der Waals surface area contributed by atoms with E-state index in [2.05, 4.69) is 44.9 Å². The zero-order valence-electron chi connectivity index (χ0n) is 15.9. The van der Waals surface area contributed by atoms with E-state index in [-0.39, 0.29) is 86.5 Å². The molecule has 27 heavy (non-hydrogen) atoms. The summed E-state index contributed by atoms with van der Waals surface area (Å²) in [5.41, 5.74) is 4.66. The molecule has 0 bridgehead atoms. The second-order valence-electron chi connectivity index (χ2n) is 7.62. The normalized spacial score (nSPS) is 24.0. The summed E-state index contributed by atoms with van der Waals surface area (Å²) in [4.78, 5) is 9.60. The van der Waals surface area contributed by atoms with Crippen LogP contribution in [-0.2, 0) is 99.3 Å². The van der Waals surface area contributed by atoms with Crippen LogP contribution >= 0.6 is 0 Å². The van der Waals surface area contributed by atoms with Crippen LogP contribution in [0.2, 0.25) is 5.82 Å². The molecule has 2 aromatic rings. The molecular weight excluding hydrogens is 664 g/mol.